The number of nitrogens with one attached hydrogen (secondary N) is 1. The van der Waals surface area contributed by atoms with E-state index < -0.39 is 10.0 Å². The lowest BCUT2D eigenvalue weighted by Crippen LogP contribution is -2.21. The van der Waals surface area contributed by atoms with Gasteiger partial charge >= 0.3 is 0 Å². The lowest BCUT2D eigenvalue weighted by Gasteiger charge is -1.98. The van der Waals surface area contributed by atoms with Gasteiger partial charge in [-0.25, -0.2) is 17.8 Å². The second kappa shape index (κ2) is 3.12. The number of pyridine rings is 1. The van der Waals surface area contributed by atoms with Crippen LogP contribution in [0.25, 0.3) is 0 Å². The van der Waals surface area contributed by atoms with Gasteiger partial charge in [0, 0.05) is 6.20 Å². The maximum Gasteiger partial charge on any atom is 0.251 e. The average Bonchev–Trinajstić information content (AvgIpc) is 2.06. The van der Waals surface area contributed by atoms with Gasteiger partial charge < -0.3 is 0 Å². The summed E-state index contributed by atoms with van der Waals surface area (Å²) in [4.78, 5) is 3.64. The fourth-order valence-electron chi connectivity index (χ4n) is 0.558. The van der Waals surface area contributed by atoms with E-state index in [1.165, 1.54) is 12.3 Å². The Bertz CT molecular complexity index is 324. The van der Waals surface area contributed by atoms with Crippen molar-refractivity contribution in [2.45, 2.75) is 5.03 Å². The smallest absolute Gasteiger partial charge is 0.243 e. The first kappa shape index (κ1) is 8.37. The van der Waals surface area contributed by atoms with Crippen LogP contribution < -0.4 is 4.39 Å². The highest BCUT2D eigenvalue weighted by atomic mass is 32.2. The van der Waals surface area contributed by atoms with Crippen LogP contribution in [0.5, 0.6) is 0 Å². The summed E-state index contributed by atoms with van der Waals surface area (Å²) >= 11 is 0. The molecule has 57 valence electrons. The van der Waals surface area contributed by atoms with Crippen molar-refractivity contribution < 1.29 is 8.42 Å². The summed E-state index contributed by atoms with van der Waals surface area (Å²) in [6.07, 6.45) is 1.41. The van der Waals surface area contributed by atoms with Crippen LogP contribution in [0.4, 0.5) is 0 Å². The van der Waals surface area contributed by atoms with Crippen molar-refractivity contribution in [2.75, 3.05) is 0 Å². The standard InChI is InChI=1S/C5H5N2O2SSi/c8-10(9,7-11)5-3-1-2-4-6-5/h1-4,7H. The van der Waals surface area contributed by atoms with Crippen molar-refractivity contribution in [1.29, 1.82) is 0 Å². The molecule has 0 bridgehead atoms. The van der Waals surface area contributed by atoms with Crippen LogP contribution in [0.3, 0.4) is 0 Å². The summed E-state index contributed by atoms with van der Waals surface area (Å²) in [5, 5.41) is -0.00463. The lowest BCUT2D eigenvalue weighted by atomic mass is 10.5. The quantitative estimate of drug-likeness (QED) is 0.628. The second-order valence-corrected chi connectivity index (χ2v) is 4.02. The molecule has 1 aromatic heterocycles. The lowest BCUT2D eigenvalue weighted by molar-refractivity contribution is 0.590. The van der Waals surface area contributed by atoms with Gasteiger partial charge in [0.15, 0.2) is 15.4 Å². The van der Waals surface area contributed by atoms with E-state index in [0.29, 0.717) is 0 Å². The van der Waals surface area contributed by atoms with E-state index in [1.54, 1.807) is 12.1 Å². The normalized spacial score (nSPS) is 11.4. The molecule has 1 aromatic rings. The highest BCUT2D eigenvalue weighted by molar-refractivity contribution is 7.90. The maximum atomic E-state index is 11.0. The predicted octanol–water partition coefficient (Wildman–Crippen LogP) is -0.557. The number of hydrogen-bond donors (Lipinski definition) is 1. The van der Waals surface area contributed by atoms with E-state index >= 15 is 0 Å². The molecule has 11 heavy (non-hydrogen) atoms. The molecule has 0 saturated heterocycles. The zero-order chi connectivity index (χ0) is 8.32. The molecule has 0 aliphatic carbocycles. The molecule has 1 rings (SSSR count). The van der Waals surface area contributed by atoms with Crippen molar-refractivity contribution in [3.05, 3.63) is 24.4 Å². The Balaban J connectivity index is 3.14. The second-order valence-electron chi connectivity index (χ2n) is 1.77. The number of nitrogens with zero attached hydrogens (tertiary/aromatic N) is 1. The Morgan fingerprint density at radius 3 is 2.64 bits per heavy atom. The van der Waals surface area contributed by atoms with Gasteiger partial charge in [-0.1, -0.05) is 6.07 Å². The topological polar surface area (TPSA) is 59.1 Å². The molecular formula is C5H5N2O2SSi. The van der Waals surface area contributed by atoms with Crippen molar-refractivity contribution in [1.82, 2.24) is 9.37 Å². The van der Waals surface area contributed by atoms with Crippen molar-refractivity contribution >= 4 is 20.4 Å². The van der Waals surface area contributed by atoms with Crippen LogP contribution in [-0.4, -0.2) is 23.8 Å². The molecule has 0 spiro atoms. The minimum absolute atomic E-state index is 0.00463. The van der Waals surface area contributed by atoms with Gasteiger partial charge in [0.25, 0.3) is 10.0 Å². The molecule has 0 saturated carbocycles. The van der Waals surface area contributed by atoms with E-state index in [1.807, 2.05) is 4.39 Å². The third kappa shape index (κ3) is 1.85. The molecule has 6 heteroatoms. The van der Waals surface area contributed by atoms with Crippen LogP contribution in [0.2, 0.25) is 0 Å². The van der Waals surface area contributed by atoms with Gasteiger partial charge in [0.05, 0.1) is 0 Å². The van der Waals surface area contributed by atoms with E-state index in [0.717, 1.165) is 0 Å². The average molecular weight is 185 g/mol. The van der Waals surface area contributed by atoms with Crippen LogP contribution in [-0.2, 0) is 10.0 Å². The summed E-state index contributed by atoms with van der Waals surface area (Å²) in [5.41, 5.74) is 0. The molecule has 0 atom stereocenters. The SMILES string of the molecule is O=S(=O)(N[Si])c1ccccn1. The van der Waals surface area contributed by atoms with Gasteiger partial charge in [-0.2, -0.15) is 0 Å². The zero-order valence-corrected chi connectivity index (χ0v) is 7.30. The van der Waals surface area contributed by atoms with Crippen LogP contribution in [0.1, 0.15) is 0 Å². The van der Waals surface area contributed by atoms with Crippen LogP contribution in [0, 0.1) is 0 Å². The molecule has 1 N–H and O–H groups in total. The van der Waals surface area contributed by atoms with Gasteiger partial charge in [-0.3, -0.25) is 0 Å². The summed E-state index contributed by atoms with van der Waals surface area (Å²) < 4.78 is 23.9. The van der Waals surface area contributed by atoms with Gasteiger partial charge in [-0.15, -0.1) is 0 Å². The predicted molar refractivity (Wildman–Crippen MR) is 40.3 cm³/mol. The van der Waals surface area contributed by atoms with Crippen molar-refractivity contribution in [3.63, 3.8) is 0 Å². The first-order chi connectivity index (χ1) is 5.17. The maximum absolute atomic E-state index is 11.0. The first-order valence-corrected chi connectivity index (χ1v) is 4.75. The molecule has 0 unspecified atom stereocenters. The molecule has 1 heterocycles. The Kier molecular flexibility index (Phi) is 2.37. The molecular weight excluding hydrogens is 180 g/mol. The van der Waals surface area contributed by atoms with Crippen LogP contribution in [0.15, 0.2) is 29.4 Å². The van der Waals surface area contributed by atoms with Gasteiger partial charge in [0.1, 0.15) is 0 Å². The molecule has 0 aliphatic rings. The number of aromatic nitrogens is 1. The fourth-order valence-corrected chi connectivity index (χ4v) is 1.43. The van der Waals surface area contributed by atoms with Crippen molar-refractivity contribution in [2.24, 2.45) is 0 Å². The third-order valence-electron chi connectivity index (χ3n) is 1.05. The van der Waals surface area contributed by atoms with E-state index in [9.17, 15) is 8.42 Å². The molecule has 0 fully saturated rings. The number of hydrogen-bond acceptors (Lipinski definition) is 3. The summed E-state index contributed by atoms with van der Waals surface area (Å²) in [6.45, 7) is 0. The minimum atomic E-state index is -3.45. The van der Waals surface area contributed by atoms with Crippen LogP contribution >= 0.6 is 0 Å². The molecule has 0 aromatic carbocycles. The largest absolute Gasteiger partial charge is 0.251 e. The highest BCUT2D eigenvalue weighted by Gasteiger charge is 2.10. The Labute approximate surface area is 68.2 Å². The summed E-state index contributed by atoms with van der Waals surface area (Å²) in [6, 6.07) is 4.65. The minimum Gasteiger partial charge on any atom is -0.243 e. The number of rotatable bonds is 2. The first-order valence-electron chi connectivity index (χ1n) is 2.76. The highest BCUT2D eigenvalue weighted by Crippen LogP contribution is 2.00. The molecule has 3 radical (unpaired) electrons. The monoisotopic (exact) mass is 185 g/mol. The Morgan fingerprint density at radius 1 is 1.45 bits per heavy atom. The fraction of sp³-hybridized carbons (Fsp3) is 0. The van der Waals surface area contributed by atoms with Gasteiger partial charge in [0.2, 0.25) is 0 Å². The molecule has 4 nitrogen and oxygen atoms in total. The summed E-state index contributed by atoms with van der Waals surface area (Å²) in [5.74, 6) is 0. The molecule has 0 amide bonds. The van der Waals surface area contributed by atoms with E-state index in [4.69, 9.17) is 0 Å². The third-order valence-corrected chi connectivity index (χ3v) is 2.91. The Morgan fingerprint density at radius 2 is 2.18 bits per heavy atom. The molecule has 0 aliphatic heterocycles. The van der Waals surface area contributed by atoms with E-state index in [2.05, 4.69) is 15.4 Å². The summed E-state index contributed by atoms with van der Waals surface area (Å²) in [7, 11) is -0.769. The zero-order valence-electron chi connectivity index (χ0n) is 5.48. The van der Waals surface area contributed by atoms with Gasteiger partial charge in [-0.05, 0) is 12.1 Å². The van der Waals surface area contributed by atoms with E-state index in [-0.39, 0.29) is 5.03 Å². The Hall–Kier alpha value is -0.723. The number of sulfonamides is 1. The van der Waals surface area contributed by atoms with Crippen molar-refractivity contribution in [3.8, 4) is 0 Å².